The number of carbonyl (C=O) groups excluding carboxylic acids is 2. The largest absolute Gasteiger partial charge is 0.337 e. The van der Waals surface area contributed by atoms with E-state index < -0.39 is 0 Å². The van der Waals surface area contributed by atoms with E-state index >= 15 is 0 Å². The molecule has 1 heterocycles. The Kier molecular flexibility index (Phi) is 7.59. The first kappa shape index (κ1) is 20.1. The first-order valence-electron chi connectivity index (χ1n) is 8.67. The number of thioether (sulfide) groups is 1. The van der Waals surface area contributed by atoms with Crippen LogP contribution in [0.3, 0.4) is 0 Å². The summed E-state index contributed by atoms with van der Waals surface area (Å²) < 4.78 is 0. The van der Waals surface area contributed by atoms with Crippen molar-refractivity contribution >= 4 is 41.7 Å². The molecule has 3 rings (SSSR count). The average molecular weight is 384 g/mol. The van der Waals surface area contributed by atoms with Gasteiger partial charge < -0.3 is 16.0 Å². The molecule has 1 saturated heterocycles. The number of halogens is 1. The molecule has 0 unspecified atom stereocenters. The van der Waals surface area contributed by atoms with Gasteiger partial charge in [-0.15, -0.1) is 12.4 Å². The maximum Gasteiger partial charge on any atom is 0.253 e. The lowest BCUT2D eigenvalue weighted by Crippen LogP contribution is -2.37. The van der Waals surface area contributed by atoms with Gasteiger partial charge in [-0.3, -0.25) is 9.59 Å². The smallest absolute Gasteiger partial charge is 0.253 e. The highest BCUT2D eigenvalue weighted by atomic mass is 35.5. The number of amides is 2. The third-order valence-corrected chi connectivity index (χ3v) is 5.92. The second-order valence-electron chi connectivity index (χ2n) is 6.51. The second-order valence-corrected chi connectivity index (χ2v) is 7.73. The third-order valence-electron chi connectivity index (χ3n) is 4.97. The van der Waals surface area contributed by atoms with Crippen molar-refractivity contribution in [1.29, 1.82) is 0 Å². The summed E-state index contributed by atoms with van der Waals surface area (Å²) in [4.78, 5) is 27.0. The molecule has 5 nitrogen and oxygen atoms in total. The highest BCUT2D eigenvalue weighted by Gasteiger charge is 2.32. The van der Waals surface area contributed by atoms with Gasteiger partial charge in [0.1, 0.15) is 0 Å². The number of nitrogens with two attached hydrogens (primary N) is 1. The average Bonchev–Trinajstić information content (AvgIpc) is 3.11. The van der Waals surface area contributed by atoms with Gasteiger partial charge in [0.2, 0.25) is 5.91 Å². The van der Waals surface area contributed by atoms with Crippen LogP contribution in [0.2, 0.25) is 0 Å². The number of nitrogens with zero attached hydrogens (tertiary/aromatic N) is 1. The summed E-state index contributed by atoms with van der Waals surface area (Å²) in [7, 11) is 0. The van der Waals surface area contributed by atoms with Crippen LogP contribution in [-0.2, 0) is 4.79 Å². The maximum absolute atomic E-state index is 12.6. The standard InChI is InChI=1S/C18H25N3O2S.ClH/c19-12-14-4-2-6-16(14)17(22)20-15-5-1-3-13(11-15)18(23)21-7-9-24-10-8-21;/h1,3,5,11,14,16H,2,4,6-10,12,19H2,(H,20,22);1H/t14-,16-;/m1./s1. The van der Waals surface area contributed by atoms with Crippen LogP contribution < -0.4 is 11.1 Å². The van der Waals surface area contributed by atoms with Gasteiger partial charge in [0, 0.05) is 41.8 Å². The molecule has 0 radical (unpaired) electrons. The Hall–Kier alpha value is -1.24. The van der Waals surface area contributed by atoms with E-state index in [4.69, 9.17) is 5.73 Å². The highest BCUT2D eigenvalue weighted by molar-refractivity contribution is 7.99. The number of benzene rings is 1. The minimum atomic E-state index is -0.00604. The number of hydrogen-bond donors (Lipinski definition) is 2. The van der Waals surface area contributed by atoms with Crippen LogP contribution in [0.25, 0.3) is 0 Å². The van der Waals surface area contributed by atoms with E-state index in [1.165, 1.54) is 0 Å². The second kappa shape index (κ2) is 9.46. The quantitative estimate of drug-likeness (QED) is 0.837. The normalized spacial score (nSPS) is 23.0. The van der Waals surface area contributed by atoms with Crippen molar-refractivity contribution in [2.45, 2.75) is 19.3 Å². The van der Waals surface area contributed by atoms with Crippen LogP contribution in [0.4, 0.5) is 5.69 Å². The van der Waals surface area contributed by atoms with Crippen molar-refractivity contribution in [3.8, 4) is 0 Å². The number of rotatable bonds is 4. The fraction of sp³-hybridized carbons (Fsp3) is 0.556. The zero-order valence-corrected chi connectivity index (χ0v) is 15.9. The molecule has 3 N–H and O–H groups in total. The molecule has 1 aliphatic heterocycles. The summed E-state index contributed by atoms with van der Waals surface area (Å²) in [5, 5.41) is 2.98. The Balaban J connectivity index is 0.00000225. The molecule has 25 heavy (non-hydrogen) atoms. The van der Waals surface area contributed by atoms with E-state index in [1.807, 2.05) is 34.9 Å². The van der Waals surface area contributed by atoms with E-state index in [1.54, 1.807) is 6.07 Å². The van der Waals surface area contributed by atoms with Gasteiger partial charge >= 0.3 is 0 Å². The van der Waals surface area contributed by atoms with Gasteiger partial charge in [-0.25, -0.2) is 0 Å². The van der Waals surface area contributed by atoms with Crippen LogP contribution in [0.15, 0.2) is 24.3 Å². The van der Waals surface area contributed by atoms with Crippen molar-refractivity contribution in [3.63, 3.8) is 0 Å². The first-order valence-corrected chi connectivity index (χ1v) is 9.82. The molecular formula is C18H26ClN3O2S. The van der Waals surface area contributed by atoms with E-state index in [2.05, 4.69) is 5.32 Å². The van der Waals surface area contributed by atoms with Gasteiger partial charge in [-0.05, 0) is 43.5 Å². The Morgan fingerprint density at radius 3 is 2.72 bits per heavy atom. The van der Waals surface area contributed by atoms with E-state index in [-0.39, 0.29) is 36.1 Å². The Bertz CT molecular complexity index is 608. The van der Waals surface area contributed by atoms with Crippen molar-refractivity contribution in [1.82, 2.24) is 4.90 Å². The molecule has 138 valence electrons. The van der Waals surface area contributed by atoms with Crippen LogP contribution in [0, 0.1) is 11.8 Å². The number of anilines is 1. The molecule has 0 spiro atoms. The fourth-order valence-corrected chi connectivity index (χ4v) is 4.48. The molecule has 2 amide bonds. The molecule has 7 heteroatoms. The molecule has 1 saturated carbocycles. The van der Waals surface area contributed by atoms with E-state index in [0.29, 0.717) is 17.8 Å². The summed E-state index contributed by atoms with van der Waals surface area (Å²) in [6.45, 7) is 2.14. The first-order chi connectivity index (χ1) is 11.7. The summed E-state index contributed by atoms with van der Waals surface area (Å²) in [6, 6.07) is 7.27. The number of nitrogens with one attached hydrogen (secondary N) is 1. The van der Waals surface area contributed by atoms with Crippen molar-refractivity contribution < 1.29 is 9.59 Å². The van der Waals surface area contributed by atoms with E-state index in [9.17, 15) is 9.59 Å². The van der Waals surface area contributed by atoms with Crippen LogP contribution in [-0.4, -0.2) is 47.9 Å². The van der Waals surface area contributed by atoms with Crippen LogP contribution in [0.1, 0.15) is 29.6 Å². The molecule has 2 aliphatic rings. The topological polar surface area (TPSA) is 75.4 Å². The monoisotopic (exact) mass is 383 g/mol. The maximum atomic E-state index is 12.6. The molecule has 1 aliphatic carbocycles. The number of carbonyl (C=O) groups is 2. The van der Waals surface area contributed by atoms with Crippen molar-refractivity contribution in [3.05, 3.63) is 29.8 Å². The minimum Gasteiger partial charge on any atom is -0.337 e. The fourth-order valence-electron chi connectivity index (χ4n) is 3.58. The van der Waals surface area contributed by atoms with Gasteiger partial charge in [-0.1, -0.05) is 12.5 Å². The Labute approximate surface area is 159 Å². The molecule has 1 aromatic rings. The van der Waals surface area contributed by atoms with Gasteiger partial charge in [-0.2, -0.15) is 11.8 Å². The van der Waals surface area contributed by atoms with Gasteiger partial charge in [0.25, 0.3) is 5.91 Å². The summed E-state index contributed by atoms with van der Waals surface area (Å²) in [5.74, 6) is 2.33. The lowest BCUT2D eigenvalue weighted by atomic mass is 9.95. The summed E-state index contributed by atoms with van der Waals surface area (Å²) in [5.41, 5.74) is 7.10. The minimum absolute atomic E-state index is 0. The van der Waals surface area contributed by atoms with Gasteiger partial charge in [0.15, 0.2) is 0 Å². The van der Waals surface area contributed by atoms with Crippen molar-refractivity contribution in [2.24, 2.45) is 17.6 Å². The molecule has 2 fully saturated rings. The van der Waals surface area contributed by atoms with Crippen LogP contribution in [0.5, 0.6) is 0 Å². The molecule has 1 aromatic carbocycles. The number of hydrogen-bond acceptors (Lipinski definition) is 4. The Morgan fingerprint density at radius 1 is 1.24 bits per heavy atom. The third kappa shape index (κ3) is 4.90. The zero-order valence-electron chi connectivity index (χ0n) is 14.3. The summed E-state index contributed by atoms with van der Waals surface area (Å²) >= 11 is 1.88. The van der Waals surface area contributed by atoms with Gasteiger partial charge in [0.05, 0.1) is 0 Å². The lowest BCUT2D eigenvalue weighted by Gasteiger charge is -2.26. The molecule has 0 bridgehead atoms. The molecule has 0 aromatic heterocycles. The van der Waals surface area contributed by atoms with E-state index in [0.717, 1.165) is 43.9 Å². The Morgan fingerprint density at radius 2 is 2.00 bits per heavy atom. The predicted molar refractivity (Wildman–Crippen MR) is 105 cm³/mol. The lowest BCUT2D eigenvalue weighted by molar-refractivity contribution is -0.120. The molecule has 2 atom stereocenters. The SMILES string of the molecule is Cl.NC[C@H]1CCC[C@H]1C(=O)Nc1cccc(C(=O)N2CCSCC2)c1. The predicted octanol–water partition coefficient (Wildman–Crippen LogP) is 2.61. The van der Waals surface area contributed by atoms with Crippen molar-refractivity contribution in [2.75, 3.05) is 36.5 Å². The summed E-state index contributed by atoms with van der Waals surface area (Å²) in [6.07, 6.45) is 2.99. The molecular weight excluding hydrogens is 358 g/mol. The zero-order chi connectivity index (χ0) is 16.9. The van der Waals surface area contributed by atoms with Crippen LogP contribution >= 0.6 is 24.2 Å². The highest BCUT2D eigenvalue weighted by Crippen LogP contribution is 2.32.